The first-order valence-corrected chi connectivity index (χ1v) is 11.9. The zero-order valence-electron chi connectivity index (χ0n) is 21.1. The van der Waals surface area contributed by atoms with Gasteiger partial charge in [0.25, 0.3) is 0 Å². The van der Waals surface area contributed by atoms with Gasteiger partial charge in [-0.15, -0.1) is 0 Å². The zero-order valence-corrected chi connectivity index (χ0v) is 21.1. The molecule has 1 aliphatic heterocycles. The van der Waals surface area contributed by atoms with Crippen molar-refractivity contribution in [2.24, 2.45) is 0 Å². The molecule has 0 saturated carbocycles. The zero-order chi connectivity index (χ0) is 24.9. The van der Waals surface area contributed by atoms with Crippen LogP contribution in [0.2, 0.25) is 0 Å². The Hall–Kier alpha value is -3.22. The molecular weight excluding hydrogens is 432 g/mol. The summed E-state index contributed by atoms with van der Waals surface area (Å²) in [7, 11) is 1.39. The van der Waals surface area contributed by atoms with E-state index >= 15 is 0 Å². The van der Waals surface area contributed by atoms with Gasteiger partial charge in [0.15, 0.2) is 0 Å². The highest BCUT2D eigenvalue weighted by Gasteiger charge is 2.33. The van der Waals surface area contributed by atoms with Crippen LogP contribution in [0.5, 0.6) is 5.75 Å². The number of anilines is 1. The number of amides is 1. The first-order valence-electron chi connectivity index (χ1n) is 11.9. The summed E-state index contributed by atoms with van der Waals surface area (Å²) in [5.74, 6) is 0.376. The van der Waals surface area contributed by atoms with Crippen LogP contribution in [-0.4, -0.2) is 62.0 Å². The Morgan fingerprint density at radius 2 is 1.79 bits per heavy atom. The van der Waals surface area contributed by atoms with Crippen molar-refractivity contribution in [1.29, 1.82) is 0 Å². The molecule has 0 spiro atoms. The fourth-order valence-electron chi connectivity index (χ4n) is 4.23. The van der Waals surface area contributed by atoms with E-state index in [4.69, 9.17) is 14.2 Å². The van der Waals surface area contributed by atoms with Crippen molar-refractivity contribution in [3.8, 4) is 16.9 Å². The van der Waals surface area contributed by atoms with Gasteiger partial charge in [-0.2, -0.15) is 0 Å². The Kier molecular flexibility index (Phi) is 8.07. The molecule has 3 rings (SSSR count). The first kappa shape index (κ1) is 25.4. The van der Waals surface area contributed by atoms with E-state index in [0.29, 0.717) is 31.8 Å². The van der Waals surface area contributed by atoms with E-state index in [0.717, 1.165) is 29.0 Å². The van der Waals surface area contributed by atoms with Crippen molar-refractivity contribution >= 4 is 17.7 Å². The van der Waals surface area contributed by atoms with Crippen molar-refractivity contribution in [3.05, 3.63) is 48.0 Å². The normalized spacial score (nSPS) is 16.2. The van der Waals surface area contributed by atoms with Gasteiger partial charge >= 0.3 is 12.1 Å². The largest absolute Gasteiger partial charge is 0.493 e. The first-order chi connectivity index (χ1) is 16.2. The second-order valence-corrected chi connectivity index (χ2v) is 9.33. The fourth-order valence-corrected chi connectivity index (χ4v) is 4.23. The number of hydrogen-bond acceptors (Lipinski definition) is 6. The third-order valence-electron chi connectivity index (χ3n) is 5.81. The molecule has 2 aromatic rings. The fraction of sp³-hybridized carbons (Fsp3) is 0.481. The van der Waals surface area contributed by atoms with E-state index in [9.17, 15) is 9.59 Å². The number of piperazine rings is 1. The summed E-state index contributed by atoms with van der Waals surface area (Å²) in [6.45, 7) is 11.8. The standard InChI is InChI=1S/C27H36N2O5/c1-7-20-18-28(26(31)34-27(3,4)5)15-16-29(20)23-14-13-19(17-22(23)25(30)32-6)21-11-9-10-12-24(21)33-8-2/h9-14,17,20H,7-8,15-16,18H2,1-6H3/t20-/m1/s1. The Morgan fingerprint density at radius 3 is 2.44 bits per heavy atom. The van der Waals surface area contributed by atoms with E-state index < -0.39 is 11.6 Å². The van der Waals surface area contributed by atoms with Crippen LogP contribution in [0.25, 0.3) is 11.1 Å². The van der Waals surface area contributed by atoms with Crippen LogP contribution in [0, 0.1) is 0 Å². The summed E-state index contributed by atoms with van der Waals surface area (Å²) in [5.41, 5.74) is 2.56. The predicted octanol–water partition coefficient (Wildman–Crippen LogP) is 5.37. The highest BCUT2D eigenvalue weighted by atomic mass is 16.6. The molecule has 0 N–H and O–H groups in total. The molecule has 1 heterocycles. The summed E-state index contributed by atoms with van der Waals surface area (Å²) in [6.07, 6.45) is 0.510. The molecule has 1 amide bonds. The maximum Gasteiger partial charge on any atom is 0.410 e. The number of benzene rings is 2. The molecule has 1 aliphatic rings. The van der Waals surface area contributed by atoms with Gasteiger partial charge < -0.3 is 24.0 Å². The smallest absolute Gasteiger partial charge is 0.410 e. The summed E-state index contributed by atoms with van der Waals surface area (Å²) in [6, 6.07) is 13.7. The number of carbonyl (C=O) groups is 2. The minimum Gasteiger partial charge on any atom is -0.493 e. The van der Waals surface area contributed by atoms with Crippen molar-refractivity contribution < 1.29 is 23.8 Å². The Morgan fingerprint density at radius 1 is 1.06 bits per heavy atom. The Bertz CT molecular complexity index is 1010. The second-order valence-electron chi connectivity index (χ2n) is 9.33. The van der Waals surface area contributed by atoms with Crippen molar-refractivity contribution in [2.45, 2.75) is 52.7 Å². The third-order valence-corrected chi connectivity index (χ3v) is 5.81. The van der Waals surface area contributed by atoms with Crippen LogP contribution in [0.1, 0.15) is 51.4 Å². The third kappa shape index (κ3) is 5.82. The lowest BCUT2D eigenvalue weighted by Gasteiger charge is -2.43. The van der Waals surface area contributed by atoms with Gasteiger partial charge in [0.05, 0.1) is 25.0 Å². The van der Waals surface area contributed by atoms with E-state index in [2.05, 4.69) is 11.8 Å². The molecule has 7 heteroatoms. The van der Waals surface area contributed by atoms with Gasteiger partial charge in [-0.05, 0) is 57.9 Å². The predicted molar refractivity (Wildman–Crippen MR) is 134 cm³/mol. The van der Waals surface area contributed by atoms with Crippen LogP contribution in [0.4, 0.5) is 10.5 Å². The summed E-state index contributed by atoms with van der Waals surface area (Å²) in [5, 5.41) is 0. The Labute approximate surface area is 202 Å². The minimum atomic E-state index is -0.540. The lowest BCUT2D eigenvalue weighted by atomic mass is 9.98. The van der Waals surface area contributed by atoms with Crippen molar-refractivity contribution in [3.63, 3.8) is 0 Å². The molecule has 0 radical (unpaired) electrons. The van der Waals surface area contributed by atoms with Gasteiger partial charge in [-0.3, -0.25) is 0 Å². The van der Waals surface area contributed by atoms with Crippen molar-refractivity contribution in [2.75, 3.05) is 38.3 Å². The van der Waals surface area contributed by atoms with Crippen LogP contribution in [0.3, 0.4) is 0 Å². The van der Waals surface area contributed by atoms with Gasteiger partial charge in [-0.25, -0.2) is 9.59 Å². The minimum absolute atomic E-state index is 0.0474. The highest BCUT2D eigenvalue weighted by Crippen LogP contribution is 2.35. The molecule has 0 aliphatic carbocycles. The number of carbonyl (C=O) groups excluding carboxylic acids is 2. The molecular formula is C27H36N2O5. The maximum absolute atomic E-state index is 12.8. The van der Waals surface area contributed by atoms with Gasteiger partial charge in [0, 0.05) is 31.2 Å². The topological polar surface area (TPSA) is 68.3 Å². The molecule has 0 bridgehead atoms. The van der Waals surface area contributed by atoms with E-state index in [1.165, 1.54) is 7.11 Å². The molecule has 1 saturated heterocycles. The lowest BCUT2D eigenvalue weighted by molar-refractivity contribution is 0.0212. The SMILES string of the molecule is CCOc1ccccc1-c1ccc(N2CCN(C(=O)OC(C)(C)C)C[C@H]2CC)c(C(=O)OC)c1. The molecule has 1 atom stereocenters. The average molecular weight is 469 g/mol. The number of esters is 1. The van der Waals surface area contributed by atoms with Crippen LogP contribution >= 0.6 is 0 Å². The Balaban J connectivity index is 1.93. The molecule has 34 heavy (non-hydrogen) atoms. The molecule has 0 aromatic heterocycles. The van der Waals surface area contributed by atoms with E-state index in [-0.39, 0.29) is 12.1 Å². The number of methoxy groups -OCH3 is 1. The van der Waals surface area contributed by atoms with Crippen LogP contribution < -0.4 is 9.64 Å². The number of hydrogen-bond donors (Lipinski definition) is 0. The van der Waals surface area contributed by atoms with E-state index in [1.807, 2.05) is 70.2 Å². The molecule has 0 unspecified atom stereocenters. The van der Waals surface area contributed by atoms with Gasteiger partial charge in [0.2, 0.25) is 0 Å². The number of ether oxygens (including phenoxy) is 3. The summed E-state index contributed by atoms with van der Waals surface area (Å²) < 4.78 is 16.5. The molecule has 2 aromatic carbocycles. The van der Waals surface area contributed by atoms with Crippen molar-refractivity contribution in [1.82, 2.24) is 4.90 Å². The summed E-state index contributed by atoms with van der Waals surface area (Å²) >= 11 is 0. The number of para-hydroxylation sites is 1. The van der Waals surface area contributed by atoms with Crippen LogP contribution in [0.15, 0.2) is 42.5 Å². The monoisotopic (exact) mass is 468 g/mol. The highest BCUT2D eigenvalue weighted by molar-refractivity contribution is 5.98. The van der Waals surface area contributed by atoms with Gasteiger partial charge in [0.1, 0.15) is 11.4 Å². The number of nitrogens with zero attached hydrogens (tertiary/aromatic N) is 2. The maximum atomic E-state index is 12.8. The van der Waals surface area contributed by atoms with E-state index in [1.54, 1.807) is 4.90 Å². The second kappa shape index (κ2) is 10.8. The molecule has 184 valence electrons. The lowest BCUT2D eigenvalue weighted by Crippen LogP contribution is -2.55. The molecule has 7 nitrogen and oxygen atoms in total. The molecule has 1 fully saturated rings. The van der Waals surface area contributed by atoms with Gasteiger partial charge in [-0.1, -0.05) is 31.2 Å². The quantitative estimate of drug-likeness (QED) is 0.531. The summed E-state index contributed by atoms with van der Waals surface area (Å²) in [4.78, 5) is 29.4. The van der Waals surface area contributed by atoms with Crippen LogP contribution in [-0.2, 0) is 9.47 Å². The number of rotatable bonds is 6. The average Bonchev–Trinajstić information content (AvgIpc) is 2.82.